The van der Waals surface area contributed by atoms with Crippen molar-refractivity contribution in [3.63, 3.8) is 0 Å². The third-order valence-corrected chi connectivity index (χ3v) is 2.28. The van der Waals surface area contributed by atoms with E-state index in [-0.39, 0.29) is 18.4 Å². The first-order valence-corrected chi connectivity index (χ1v) is 5.27. The first-order valence-electron chi connectivity index (χ1n) is 4.47. The molecule has 1 aromatic heterocycles. The Morgan fingerprint density at radius 1 is 1.43 bits per heavy atom. The summed E-state index contributed by atoms with van der Waals surface area (Å²) in [6, 6.07) is 5.90. The summed E-state index contributed by atoms with van der Waals surface area (Å²) < 4.78 is 0.851. The van der Waals surface area contributed by atoms with Crippen molar-refractivity contribution >= 4 is 28.3 Å². The third-order valence-electron chi connectivity index (χ3n) is 1.84. The molecule has 1 rings (SSSR count). The SMILES string of the molecule is CC(C)C[C@@H](N)c1cccc(Br)n1.Cl. The molecule has 0 aliphatic rings. The van der Waals surface area contributed by atoms with Gasteiger partial charge in [0, 0.05) is 6.04 Å². The highest BCUT2D eigenvalue weighted by molar-refractivity contribution is 9.10. The molecule has 0 saturated carbocycles. The van der Waals surface area contributed by atoms with E-state index < -0.39 is 0 Å². The van der Waals surface area contributed by atoms with Crippen LogP contribution in [-0.2, 0) is 0 Å². The number of nitrogens with zero attached hydrogens (tertiary/aromatic N) is 1. The minimum absolute atomic E-state index is 0. The van der Waals surface area contributed by atoms with E-state index in [0.29, 0.717) is 5.92 Å². The average molecular weight is 280 g/mol. The van der Waals surface area contributed by atoms with Crippen LogP contribution < -0.4 is 5.73 Å². The highest BCUT2D eigenvalue weighted by Gasteiger charge is 2.09. The van der Waals surface area contributed by atoms with E-state index in [1.54, 1.807) is 0 Å². The maximum absolute atomic E-state index is 5.98. The van der Waals surface area contributed by atoms with Gasteiger partial charge in [0.1, 0.15) is 4.60 Å². The van der Waals surface area contributed by atoms with Gasteiger partial charge in [-0.05, 0) is 40.4 Å². The summed E-state index contributed by atoms with van der Waals surface area (Å²) in [7, 11) is 0. The molecule has 2 N–H and O–H groups in total. The predicted octanol–water partition coefficient (Wildman–Crippen LogP) is 3.31. The van der Waals surface area contributed by atoms with Crippen molar-refractivity contribution in [2.45, 2.75) is 26.3 Å². The van der Waals surface area contributed by atoms with Crippen molar-refractivity contribution < 1.29 is 0 Å². The molecule has 14 heavy (non-hydrogen) atoms. The summed E-state index contributed by atoms with van der Waals surface area (Å²) in [5, 5.41) is 0. The Kier molecular flexibility index (Phi) is 6.33. The van der Waals surface area contributed by atoms with Crippen molar-refractivity contribution in [1.29, 1.82) is 0 Å². The van der Waals surface area contributed by atoms with Gasteiger partial charge in [0.15, 0.2) is 0 Å². The average Bonchev–Trinajstić information content (AvgIpc) is 2.03. The lowest BCUT2D eigenvalue weighted by Gasteiger charge is -2.13. The first-order chi connectivity index (χ1) is 6.09. The van der Waals surface area contributed by atoms with Crippen LogP contribution in [0, 0.1) is 5.92 Å². The molecule has 0 aliphatic carbocycles. The lowest BCUT2D eigenvalue weighted by molar-refractivity contribution is 0.502. The van der Waals surface area contributed by atoms with Crippen LogP contribution in [0.15, 0.2) is 22.8 Å². The molecule has 0 unspecified atom stereocenters. The number of hydrogen-bond acceptors (Lipinski definition) is 2. The topological polar surface area (TPSA) is 38.9 Å². The molecule has 4 heteroatoms. The minimum atomic E-state index is 0. The van der Waals surface area contributed by atoms with Gasteiger partial charge in [-0.15, -0.1) is 12.4 Å². The summed E-state index contributed by atoms with van der Waals surface area (Å²) in [6.45, 7) is 4.33. The van der Waals surface area contributed by atoms with Gasteiger partial charge in [-0.2, -0.15) is 0 Å². The van der Waals surface area contributed by atoms with E-state index in [0.717, 1.165) is 16.7 Å². The predicted molar refractivity (Wildman–Crippen MR) is 65.6 cm³/mol. The second-order valence-electron chi connectivity index (χ2n) is 3.62. The smallest absolute Gasteiger partial charge is 0.106 e. The number of pyridine rings is 1. The van der Waals surface area contributed by atoms with E-state index in [2.05, 4.69) is 34.8 Å². The standard InChI is InChI=1S/C10H15BrN2.ClH/c1-7(2)6-8(12)9-4-3-5-10(11)13-9;/h3-5,7-8H,6,12H2,1-2H3;1H/t8-;/m1./s1. The Morgan fingerprint density at radius 2 is 2.07 bits per heavy atom. The Balaban J connectivity index is 0.00000169. The van der Waals surface area contributed by atoms with Gasteiger partial charge in [-0.25, -0.2) is 4.98 Å². The Morgan fingerprint density at radius 3 is 2.57 bits per heavy atom. The fourth-order valence-corrected chi connectivity index (χ4v) is 1.62. The molecule has 0 aliphatic heterocycles. The fourth-order valence-electron chi connectivity index (χ4n) is 1.26. The zero-order chi connectivity index (χ0) is 9.84. The molecule has 0 amide bonds. The van der Waals surface area contributed by atoms with Gasteiger partial charge in [-0.1, -0.05) is 19.9 Å². The van der Waals surface area contributed by atoms with Gasteiger partial charge in [-0.3, -0.25) is 0 Å². The Hall–Kier alpha value is -0.120. The minimum Gasteiger partial charge on any atom is -0.323 e. The summed E-state index contributed by atoms with van der Waals surface area (Å²) in [5.74, 6) is 0.607. The molecular formula is C10H16BrClN2. The Labute approximate surface area is 99.8 Å². The van der Waals surface area contributed by atoms with Crippen molar-refractivity contribution in [3.05, 3.63) is 28.5 Å². The van der Waals surface area contributed by atoms with E-state index in [4.69, 9.17) is 5.73 Å². The Bertz CT molecular complexity index is 279. The molecule has 1 atom stereocenters. The lowest BCUT2D eigenvalue weighted by atomic mass is 10.0. The lowest BCUT2D eigenvalue weighted by Crippen LogP contribution is -2.14. The van der Waals surface area contributed by atoms with E-state index in [9.17, 15) is 0 Å². The van der Waals surface area contributed by atoms with Gasteiger partial charge >= 0.3 is 0 Å². The van der Waals surface area contributed by atoms with Crippen molar-refractivity contribution in [3.8, 4) is 0 Å². The first kappa shape index (κ1) is 13.9. The monoisotopic (exact) mass is 278 g/mol. The van der Waals surface area contributed by atoms with Crippen LogP contribution in [0.4, 0.5) is 0 Å². The van der Waals surface area contributed by atoms with Crippen LogP contribution in [0.1, 0.15) is 32.0 Å². The van der Waals surface area contributed by atoms with Crippen molar-refractivity contribution in [1.82, 2.24) is 4.98 Å². The van der Waals surface area contributed by atoms with Gasteiger partial charge < -0.3 is 5.73 Å². The zero-order valence-corrected chi connectivity index (χ0v) is 10.8. The highest BCUT2D eigenvalue weighted by Crippen LogP contribution is 2.18. The van der Waals surface area contributed by atoms with Crippen LogP contribution in [0.2, 0.25) is 0 Å². The van der Waals surface area contributed by atoms with Crippen molar-refractivity contribution in [2.24, 2.45) is 11.7 Å². The molecule has 0 bridgehead atoms. The normalized spacial score (nSPS) is 12.4. The molecule has 0 radical (unpaired) electrons. The largest absolute Gasteiger partial charge is 0.323 e. The van der Waals surface area contributed by atoms with Gasteiger partial charge in [0.05, 0.1) is 5.69 Å². The summed E-state index contributed by atoms with van der Waals surface area (Å²) in [4.78, 5) is 4.32. The second kappa shape index (κ2) is 6.38. The zero-order valence-electron chi connectivity index (χ0n) is 8.40. The molecule has 0 aromatic carbocycles. The highest BCUT2D eigenvalue weighted by atomic mass is 79.9. The molecule has 0 spiro atoms. The van der Waals surface area contributed by atoms with Crippen LogP contribution in [0.25, 0.3) is 0 Å². The van der Waals surface area contributed by atoms with Crippen LogP contribution in [0.3, 0.4) is 0 Å². The molecule has 2 nitrogen and oxygen atoms in total. The summed E-state index contributed by atoms with van der Waals surface area (Å²) >= 11 is 3.33. The third kappa shape index (κ3) is 4.40. The van der Waals surface area contributed by atoms with Crippen LogP contribution >= 0.6 is 28.3 Å². The maximum Gasteiger partial charge on any atom is 0.106 e. The molecule has 1 aromatic rings. The maximum atomic E-state index is 5.98. The number of halogens is 2. The molecule has 0 saturated heterocycles. The second-order valence-corrected chi connectivity index (χ2v) is 4.43. The summed E-state index contributed by atoms with van der Waals surface area (Å²) in [5.41, 5.74) is 6.94. The number of rotatable bonds is 3. The van der Waals surface area contributed by atoms with E-state index in [1.165, 1.54) is 0 Å². The van der Waals surface area contributed by atoms with Crippen molar-refractivity contribution in [2.75, 3.05) is 0 Å². The van der Waals surface area contributed by atoms with Gasteiger partial charge in [0.25, 0.3) is 0 Å². The van der Waals surface area contributed by atoms with Crippen LogP contribution in [-0.4, -0.2) is 4.98 Å². The fraction of sp³-hybridized carbons (Fsp3) is 0.500. The van der Waals surface area contributed by atoms with Crippen LogP contribution in [0.5, 0.6) is 0 Å². The molecular weight excluding hydrogens is 263 g/mol. The molecule has 1 heterocycles. The number of aromatic nitrogens is 1. The van der Waals surface area contributed by atoms with E-state index >= 15 is 0 Å². The molecule has 0 fully saturated rings. The van der Waals surface area contributed by atoms with Gasteiger partial charge in [0.2, 0.25) is 0 Å². The van der Waals surface area contributed by atoms with E-state index in [1.807, 2.05) is 18.2 Å². The number of nitrogens with two attached hydrogens (primary N) is 1. The summed E-state index contributed by atoms with van der Waals surface area (Å²) in [6.07, 6.45) is 0.976. The quantitative estimate of drug-likeness (QED) is 0.862. The molecule has 80 valence electrons. The number of hydrogen-bond donors (Lipinski definition) is 1.